The van der Waals surface area contributed by atoms with Crippen LogP contribution < -0.4 is 15.4 Å². The molecule has 3 amide bonds. The van der Waals surface area contributed by atoms with Gasteiger partial charge in [0.2, 0.25) is 0 Å². The van der Waals surface area contributed by atoms with E-state index in [1.54, 1.807) is 23.1 Å². The van der Waals surface area contributed by atoms with Crippen LogP contribution in [0.15, 0.2) is 72.8 Å². The van der Waals surface area contributed by atoms with Crippen molar-refractivity contribution in [2.45, 2.75) is 70.7 Å². The lowest BCUT2D eigenvalue weighted by atomic mass is 9.96. The summed E-state index contributed by atoms with van der Waals surface area (Å²) in [5, 5.41) is 16.0. The molecule has 3 atom stereocenters. The standard InChI is InChI=1S/C36H46N4O4/c1-25-21-40(26(2)24-41)35(42)32-20-31(38-36(43)37-30-12-8-5-9-13-30)18-19-33(32)44-34(25)23-39(3)22-27-14-16-29(17-15-27)28-10-6-4-7-11-28/h4,6-7,10-11,14-20,25-26,30,34,41H,5,8-9,12-13,21-24H2,1-3H3,(H2,37,38,43)/t25-,26-,34-/m1/s1. The van der Waals surface area contributed by atoms with Gasteiger partial charge in [0, 0.05) is 37.3 Å². The highest BCUT2D eigenvalue weighted by Gasteiger charge is 2.33. The van der Waals surface area contributed by atoms with Gasteiger partial charge in [-0.1, -0.05) is 80.8 Å². The molecule has 1 saturated carbocycles. The second kappa shape index (κ2) is 14.7. The van der Waals surface area contributed by atoms with Crippen molar-refractivity contribution in [3.8, 4) is 16.9 Å². The van der Waals surface area contributed by atoms with Gasteiger partial charge in [0.25, 0.3) is 5.91 Å². The summed E-state index contributed by atoms with van der Waals surface area (Å²) in [6, 6.07) is 23.8. The van der Waals surface area contributed by atoms with E-state index in [1.807, 2.05) is 25.1 Å². The third-order valence-electron chi connectivity index (χ3n) is 8.87. The van der Waals surface area contributed by atoms with Crippen molar-refractivity contribution in [1.82, 2.24) is 15.1 Å². The van der Waals surface area contributed by atoms with Crippen molar-refractivity contribution in [2.75, 3.05) is 32.1 Å². The number of amides is 3. The predicted octanol–water partition coefficient (Wildman–Crippen LogP) is 6.16. The molecular formula is C36H46N4O4. The van der Waals surface area contributed by atoms with Crippen LogP contribution in [0.3, 0.4) is 0 Å². The number of benzene rings is 3. The van der Waals surface area contributed by atoms with Gasteiger partial charge in [0.05, 0.1) is 18.2 Å². The Morgan fingerprint density at radius 3 is 2.43 bits per heavy atom. The normalized spacial score (nSPS) is 19.8. The van der Waals surface area contributed by atoms with E-state index in [9.17, 15) is 14.7 Å². The SMILES string of the molecule is C[C@@H]1CN([C@H](C)CO)C(=O)c2cc(NC(=O)NC3CCCCC3)ccc2O[C@@H]1CN(C)Cc1ccc(-c2ccccc2)cc1. The molecule has 2 aliphatic rings. The number of nitrogens with zero attached hydrogens (tertiary/aromatic N) is 2. The number of ether oxygens (including phenoxy) is 1. The first-order chi connectivity index (χ1) is 21.3. The number of likely N-dealkylation sites (N-methyl/N-ethyl adjacent to an activating group) is 1. The van der Waals surface area contributed by atoms with E-state index in [0.29, 0.717) is 30.1 Å². The zero-order valence-electron chi connectivity index (χ0n) is 26.2. The number of hydrogen-bond donors (Lipinski definition) is 3. The highest BCUT2D eigenvalue weighted by atomic mass is 16.5. The Kier molecular flexibility index (Phi) is 10.6. The number of rotatable bonds is 9. The van der Waals surface area contributed by atoms with Crippen LogP contribution in [0, 0.1) is 5.92 Å². The topological polar surface area (TPSA) is 94.1 Å². The molecule has 1 aliphatic carbocycles. The maximum absolute atomic E-state index is 13.8. The summed E-state index contributed by atoms with van der Waals surface area (Å²) in [5.74, 6) is 0.290. The van der Waals surface area contributed by atoms with Crippen LogP contribution in [0.5, 0.6) is 5.75 Å². The number of hydrogen-bond acceptors (Lipinski definition) is 5. The van der Waals surface area contributed by atoms with Crippen LogP contribution >= 0.6 is 0 Å². The van der Waals surface area contributed by atoms with Gasteiger partial charge in [-0.2, -0.15) is 0 Å². The summed E-state index contributed by atoms with van der Waals surface area (Å²) < 4.78 is 6.57. The molecule has 1 fully saturated rings. The van der Waals surface area contributed by atoms with Gasteiger partial charge < -0.3 is 25.4 Å². The Morgan fingerprint density at radius 1 is 1.02 bits per heavy atom. The summed E-state index contributed by atoms with van der Waals surface area (Å²) in [5.41, 5.74) is 4.51. The Labute approximate surface area is 261 Å². The number of fused-ring (bicyclic) bond motifs is 1. The van der Waals surface area contributed by atoms with E-state index < -0.39 is 0 Å². The summed E-state index contributed by atoms with van der Waals surface area (Å²) in [7, 11) is 2.08. The van der Waals surface area contributed by atoms with Crippen molar-refractivity contribution < 1.29 is 19.4 Å². The van der Waals surface area contributed by atoms with Gasteiger partial charge in [-0.3, -0.25) is 9.69 Å². The summed E-state index contributed by atoms with van der Waals surface area (Å²) in [6.45, 7) is 5.66. The molecule has 5 rings (SSSR count). The average molecular weight is 599 g/mol. The first kappa shape index (κ1) is 31.5. The van der Waals surface area contributed by atoms with E-state index in [2.05, 4.69) is 65.9 Å². The maximum Gasteiger partial charge on any atom is 0.319 e. The molecule has 1 aliphatic heterocycles. The monoisotopic (exact) mass is 598 g/mol. The highest BCUT2D eigenvalue weighted by molar-refractivity contribution is 5.99. The second-order valence-electron chi connectivity index (χ2n) is 12.5. The van der Waals surface area contributed by atoms with Crippen molar-refractivity contribution in [3.63, 3.8) is 0 Å². The van der Waals surface area contributed by atoms with E-state index in [-0.39, 0.29) is 42.7 Å². The quantitative estimate of drug-likeness (QED) is 0.274. The zero-order valence-corrected chi connectivity index (χ0v) is 26.2. The fourth-order valence-corrected chi connectivity index (χ4v) is 6.23. The van der Waals surface area contributed by atoms with E-state index in [4.69, 9.17) is 4.74 Å². The molecule has 0 aromatic heterocycles. The number of nitrogens with one attached hydrogen (secondary N) is 2. The Morgan fingerprint density at radius 2 is 1.73 bits per heavy atom. The Balaban J connectivity index is 1.30. The van der Waals surface area contributed by atoms with E-state index >= 15 is 0 Å². The minimum Gasteiger partial charge on any atom is -0.488 e. The molecular weight excluding hydrogens is 552 g/mol. The lowest BCUT2D eigenvalue weighted by Crippen LogP contribution is -2.49. The summed E-state index contributed by atoms with van der Waals surface area (Å²) in [4.78, 5) is 30.5. The van der Waals surface area contributed by atoms with Gasteiger partial charge in [-0.05, 0) is 61.7 Å². The van der Waals surface area contributed by atoms with Gasteiger partial charge in [-0.25, -0.2) is 4.79 Å². The van der Waals surface area contributed by atoms with Gasteiger partial charge in [0.15, 0.2) is 0 Å². The van der Waals surface area contributed by atoms with E-state index in [1.165, 1.54) is 23.1 Å². The van der Waals surface area contributed by atoms with Crippen LogP contribution in [-0.2, 0) is 6.54 Å². The first-order valence-corrected chi connectivity index (χ1v) is 15.9. The minimum absolute atomic E-state index is 0.0167. The lowest BCUT2D eigenvalue weighted by molar-refractivity contribution is 0.0341. The average Bonchev–Trinajstić information content (AvgIpc) is 3.04. The third kappa shape index (κ3) is 7.98. The fourth-order valence-electron chi connectivity index (χ4n) is 6.23. The molecule has 3 N–H and O–H groups in total. The first-order valence-electron chi connectivity index (χ1n) is 15.9. The van der Waals surface area contributed by atoms with Crippen molar-refractivity contribution in [3.05, 3.63) is 83.9 Å². The van der Waals surface area contributed by atoms with Gasteiger partial charge in [0.1, 0.15) is 11.9 Å². The number of urea groups is 1. The molecule has 0 radical (unpaired) electrons. The molecule has 0 unspecified atom stereocenters. The Bertz CT molecular complexity index is 1390. The van der Waals surface area contributed by atoms with Crippen LogP contribution in [0.1, 0.15) is 61.9 Å². The van der Waals surface area contributed by atoms with Crippen LogP contribution in [0.4, 0.5) is 10.5 Å². The van der Waals surface area contributed by atoms with Crippen molar-refractivity contribution in [2.24, 2.45) is 5.92 Å². The molecule has 0 bridgehead atoms. The molecule has 44 heavy (non-hydrogen) atoms. The smallest absolute Gasteiger partial charge is 0.319 e. The van der Waals surface area contributed by atoms with Crippen LogP contribution in [0.25, 0.3) is 11.1 Å². The van der Waals surface area contributed by atoms with Gasteiger partial charge >= 0.3 is 6.03 Å². The third-order valence-corrected chi connectivity index (χ3v) is 8.87. The van der Waals surface area contributed by atoms with Crippen molar-refractivity contribution >= 4 is 17.6 Å². The van der Waals surface area contributed by atoms with Crippen LogP contribution in [-0.4, -0.2) is 71.8 Å². The number of carbonyl (C=O) groups is 2. The highest BCUT2D eigenvalue weighted by Crippen LogP contribution is 2.31. The molecule has 3 aromatic rings. The zero-order chi connectivity index (χ0) is 31.1. The summed E-state index contributed by atoms with van der Waals surface area (Å²) >= 11 is 0. The number of aliphatic hydroxyl groups is 1. The fraction of sp³-hybridized carbons (Fsp3) is 0.444. The minimum atomic E-state index is -0.358. The number of carbonyl (C=O) groups excluding carboxylic acids is 2. The molecule has 234 valence electrons. The largest absolute Gasteiger partial charge is 0.488 e. The Hall–Kier alpha value is -3.88. The molecule has 0 saturated heterocycles. The molecule has 3 aromatic carbocycles. The number of anilines is 1. The molecule has 8 heteroatoms. The number of aliphatic hydroxyl groups excluding tert-OH is 1. The van der Waals surface area contributed by atoms with Gasteiger partial charge in [-0.15, -0.1) is 0 Å². The lowest BCUT2D eigenvalue weighted by Gasteiger charge is -2.38. The predicted molar refractivity (Wildman–Crippen MR) is 175 cm³/mol. The second-order valence-corrected chi connectivity index (χ2v) is 12.5. The molecule has 1 heterocycles. The maximum atomic E-state index is 13.8. The van der Waals surface area contributed by atoms with E-state index in [0.717, 1.165) is 32.2 Å². The van der Waals surface area contributed by atoms with Crippen molar-refractivity contribution in [1.29, 1.82) is 0 Å². The molecule has 8 nitrogen and oxygen atoms in total. The van der Waals surface area contributed by atoms with Crippen LogP contribution in [0.2, 0.25) is 0 Å². The molecule has 0 spiro atoms. The summed E-state index contributed by atoms with van der Waals surface area (Å²) in [6.07, 6.45) is 5.26.